The monoisotopic (exact) mass is 509 g/mol. The number of nitrogens with one attached hydrogen (secondary N) is 2. The highest BCUT2D eigenvalue weighted by molar-refractivity contribution is 9.10. The van der Waals surface area contributed by atoms with Crippen LogP contribution in [0.5, 0.6) is 5.75 Å². The van der Waals surface area contributed by atoms with Gasteiger partial charge in [0.1, 0.15) is 18.1 Å². The number of fused-ring (bicyclic) bond motifs is 1. The highest BCUT2D eigenvalue weighted by Gasteiger charge is 2.35. The average molecular weight is 511 g/mol. The van der Waals surface area contributed by atoms with Crippen LogP contribution >= 0.6 is 27.5 Å². The van der Waals surface area contributed by atoms with Crippen LogP contribution in [-0.2, 0) is 4.79 Å². The predicted octanol–water partition coefficient (Wildman–Crippen LogP) is 5.22. The molecule has 0 aliphatic carbocycles. The zero-order valence-electron chi connectivity index (χ0n) is 15.9. The molecule has 0 fully saturated rings. The average Bonchev–Trinajstić information content (AvgIpc) is 3.17. The maximum Gasteiger partial charge on any atom is 0.387 e. The molecule has 11 heteroatoms. The number of ether oxygens (including phenoxy) is 1. The molecule has 0 saturated carbocycles. The zero-order valence-corrected chi connectivity index (χ0v) is 18.3. The van der Waals surface area contributed by atoms with Crippen molar-refractivity contribution >= 4 is 45.1 Å². The number of allylic oxidation sites excluding steroid dienone is 1. The molecule has 1 aromatic heterocycles. The fourth-order valence-corrected chi connectivity index (χ4v) is 3.85. The quantitative estimate of drug-likeness (QED) is 0.492. The van der Waals surface area contributed by atoms with Crippen molar-refractivity contribution in [2.75, 3.05) is 10.6 Å². The third-order valence-electron chi connectivity index (χ3n) is 4.62. The number of alkyl halides is 2. The number of aromatic nitrogens is 3. The standard InChI is InChI=1S/C20H15BrClF2N5O2/c1-10-16(18(30)28-13-5-3-12(22)4-6-13)17(29-20(27-10)25-9-26-29)14-8-11(21)2-7-15(14)31-19(23)24/h2-9,17,19H,1H3,(H,28,30)(H,25,26,27). The van der Waals surface area contributed by atoms with Crippen molar-refractivity contribution in [2.24, 2.45) is 0 Å². The molecule has 2 aromatic carbocycles. The smallest absolute Gasteiger partial charge is 0.387 e. The molecule has 2 N–H and O–H groups in total. The van der Waals surface area contributed by atoms with E-state index in [2.05, 4.69) is 36.6 Å². The Hall–Kier alpha value is -2.98. The van der Waals surface area contributed by atoms with Crippen molar-refractivity contribution in [3.05, 3.63) is 75.1 Å². The fourth-order valence-electron chi connectivity index (χ4n) is 3.34. The second-order valence-corrected chi connectivity index (χ2v) is 7.97. The van der Waals surface area contributed by atoms with E-state index in [0.717, 1.165) is 0 Å². The van der Waals surface area contributed by atoms with E-state index in [1.165, 1.54) is 17.1 Å². The van der Waals surface area contributed by atoms with Crippen LogP contribution in [-0.4, -0.2) is 27.3 Å². The molecule has 2 heterocycles. The second-order valence-electron chi connectivity index (χ2n) is 6.62. The number of amides is 1. The molecule has 1 atom stereocenters. The molecule has 0 radical (unpaired) electrons. The maximum absolute atomic E-state index is 13.3. The minimum absolute atomic E-state index is 0.0730. The van der Waals surface area contributed by atoms with Gasteiger partial charge in [0.2, 0.25) is 5.95 Å². The molecule has 160 valence electrons. The number of hydrogen-bond acceptors (Lipinski definition) is 5. The van der Waals surface area contributed by atoms with Gasteiger partial charge in [0.25, 0.3) is 5.91 Å². The predicted molar refractivity (Wildman–Crippen MR) is 115 cm³/mol. The van der Waals surface area contributed by atoms with Crippen molar-refractivity contribution in [2.45, 2.75) is 19.6 Å². The van der Waals surface area contributed by atoms with Crippen LogP contribution in [0.25, 0.3) is 0 Å². The Kier molecular flexibility index (Phi) is 5.92. The van der Waals surface area contributed by atoms with Crippen LogP contribution in [0, 0.1) is 0 Å². The molecule has 1 aliphatic heterocycles. The third kappa shape index (κ3) is 4.40. The Balaban J connectivity index is 1.81. The van der Waals surface area contributed by atoms with Crippen molar-refractivity contribution in [3.63, 3.8) is 0 Å². The van der Waals surface area contributed by atoms with E-state index in [0.29, 0.717) is 32.4 Å². The Morgan fingerprint density at radius 2 is 2.03 bits per heavy atom. The van der Waals surface area contributed by atoms with Gasteiger partial charge in [-0.3, -0.25) is 4.79 Å². The summed E-state index contributed by atoms with van der Waals surface area (Å²) < 4.78 is 33.0. The summed E-state index contributed by atoms with van der Waals surface area (Å²) in [5.74, 6) is -0.147. The summed E-state index contributed by atoms with van der Waals surface area (Å²) in [4.78, 5) is 17.4. The van der Waals surface area contributed by atoms with Gasteiger partial charge < -0.3 is 15.4 Å². The summed E-state index contributed by atoms with van der Waals surface area (Å²) >= 11 is 9.27. The van der Waals surface area contributed by atoms with Gasteiger partial charge in [-0.1, -0.05) is 27.5 Å². The fraction of sp³-hybridized carbons (Fsp3) is 0.150. The van der Waals surface area contributed by atoms with E-state index in [-0.39, 0.29) is 11.3 Å². The number of carbonyl (C=O) groups is 1. The summed E-state index contributed by atoms with van der Waals surface area (Å²) in [5, 5.41) is 10.6. The molecule has 3 aromatic rings. The van der Waals surface area contributed by atoms with Gasteiger partial charge in [-0.15, -0.1) is 0 Å². The molecule has 31 heavy (non-hydrogen) atoms. The highest BCUT2D eigenvalue weighted by atomic mass is 79.9. The van der Waals surface area contributed by atoms with E-state index < -0.39 is 18.6 Å². The molecule has 1 aliphatic rings. The molecule has 0 spiro atoms. The van der Waals surface area contributed by atoms with E-state index >= 15 is 0 Å². The van der Waals surface area contributed by atoms with E-state index in [9.17, 15) is 13.6 Å². The molecule has 1 unspecified atom stereocenters. The van der Waals surface area contributed by atoms with Gasteiger partial charge in [-0.05, 0) is 49.4 Å². The molecule has 0 saturated heterocycles. The van der Waals surface area contributed by atoms with Crippen molar-refractivity contribution < 1.29 is 18.3 Å². The third-order valence-corrected chi connectivity index (χ3v) is 5.37. The summed E-state index contributed by atoms with van der Waals surface area (Å²) in [6.45, 7) is -1.33. The van der Waals surface area contributed by atoms with Crippen LogP contribution in [0.4, 0.5) is 20.4 Å². The number of nitrogens with zero attached hydrogens (tertiary/aromatic N) is 3. The van der Waals surface area contributed by atoms with Crippen molar-refractivity contribution in [1.29, 1.82) is 0 Å². The van der Waals surface area contributed by atoms with Crippen LogP contribution in [0.15, 0.2) is 64.5 Å². The lowest BCUT2D eigenvalue weighted by molar-refractivity contribution is -0.113. The SMILES string of the molecule is CC1=C(C(=O)Nc2ccc(Cl)cc2)C(c2cc(Br)ccc2OC(F)F)n2ncnc2N1. The van der Waals surface area contributed by atoms with Crippen LogP contribution in [0.1, 0.15) is 18.5 Å². The van der Waals surface area contributed by atoms with Gasteiger partial charge in [-0.25, -0.2) is 4.68 Å². The van der Waals surface area contributed by atoms with E-state index in [1.54, 1.807) is 43.3 Å². The van der Waals surface area contributed by atoms with E-state index in [4.69, 9.17) is 16.3 Å². The topological polar surface area (TPSA) is 81.1 Å². The summed E-state index contributed by atoms with van der Waals surface area (Å²) in [5.41, 5.74) is 1.62. The molecule has 0 bridgehead atoms. The van der Waals surface area contributed by atoms with Gasteiger partial charge >= 0.3 is 6.61 Å². The first kappa shape index (κ1) is 21.3. The van der Waals surface area contributed by atoms with Crippen LogP contribution < -0.4 is 15.4 Å². The largest absolute Gasteiger partial charge is 0.434 e. The lowest BCUT2D eigenvalue weighted by Crippen LogP contribution is -2.32. The van der Waals surface area contributed by atoms with Crippen molar-refractivity contribution in [1.82, 2.24) is 14.8 Å². The lowest BCUT2D eigenvalue weighted by atomic mass is 9.94. The molecular formula is C20H15BrClF2N5O2. The Labute approximate surface area is 189 Å². The normalized spacial score (nSPS) is 15.5. The number of benzene rings is 2. The Bertz CT molecular complexity index is 1170. The summed E-state index contributed by atoms with van der Waals surface area (Å²) in [6.07, 6.45) is 1.31. The number of anilines is 2. The minimum atomic E-state index is -3.03. The first-order chi connectivity index (χ1) is 14.8. The summed E-state index contributed by atoms with van der Waals surface area (Å²) in [6, 6.07) is 10.3. The van der Waals surface area contributed by atoms with Gasteiger partial charge in [0.15, 0.2) is 0 Å². The highest BCUT2D eigenvalue weighted by Crippen LogP contribution is 2.40. The minimum Gasteiger partial charge on any atom is -0.434 e. The van der Waals surface area contributed by atoms with Gasteiger partial charge in [-0.2, -0.15) is 18.9 Å². The maximum atomic E-state index is 13.3. The van der Waals surface area contributed by atoms with Crippen LogP contribution in [0.2, 0.25) is 5.02 Å². The zero-order chi connectivity index (χ0) is 22.1. The Morgan fingerprint density at radius 3 is 2.74 bits per heavy atom. The molecule has 1 amide bonds. The Morgan fingerprint density at radius 1 is 1.29 bits per heavy atom. The first-order valence-electron chi connectivity index (χ1n) is 9.02. The molecule has 7 nitrogen and oxygen atoms in total. The molecule has 4 rings (SSSR count). The molecular weight excluding hydrogens is 496 g/mol. The van der Waals surface area contributed by atoms with E-state index in [1.807, 2.05) is 0 Å². The second kappa shape index (κ2) is 8.64. The lowest BCUT2D eigenvalue weighted by Gasteiger charge is -2.29. The number of hydrogen-bond donors (Lipinski definition) is 2. The number of carbonyl (C=O) groups excluding carboxylic acids is 1. The first-order valence-corrected chi connectivity index (χ1v) is 10.2. The van der Waals surface area contributed by atoms with Gasteiger partial charge in [0.05, 0.1) is 5.57 Å². The summed E-state index contributed by atoms with van der Waals surface area (Å²) in [7, 11) is 0. The van der Waals surface area contributed by atoms with Gasteiger partial charge in [0, 0.05) is 26.4 Å². The van der Waals surface area contributed by atoms with Crippen LogP contribution in [0.3, 0.4) is 0 Å². The number of rotatable bonds is 5. The van der Waals surface area contributed by atoms with Crippen molar-refractivity contribution in [3.8, 4) is 5.75 Å². The number of halogens is 4.